The minimum absolute atomic E-state index is 0.150. The van der Waals surface area contributed by atoms with Crippen molar-refractivity contribution in [1.82, 2.24) is 10.3 Å². The number of nitrogens with zero attached hydrogens (tertiary/aromatic N) is 1. The highest BCUT2D eigenvalue weighted by molar-refractivity contribution is 5.80. The van der Waals surface area contributed by atoms with E-state index in [9.17, 15) is 4.79 Å². The van der Waals surface area contributed by atoms with E-state index in [-0.39, 0.29) is 11.9 Å². The highest BCUT2D eigenvalue weighted by Crippen LogP contribution is 2.12. The zero-order chi connectivity index (χ0) is 12.6. The summed E-state index contributed by atoms with van der Waals surface area (Å²) in [5.41, 5.74) is 2.20. The molecule has 5 heteroatoms. The molecule has 0 bridgehead atoms. The predicted octanol–water partition coefficient (Wildman–Crippen LogP) is 0.502. The molecule has 0 aromatic carbocycles. The van der Waals surface area contributed by atoms with Gasteiger partial charge in [0.2, 0.25) is 0 Å². The number of carbonyl (C=O) groups is 1. The van der Waals surface area contributed by atoms with Crippen molar-refractivity contribution in [2.45, 2.75) is 45.7 Å². The van der Waals surface area contributed by atoms with Gasteiger partial charge in [-0.2, -0.15) is 0 Å². The summed E-state index contributed by atoms with van der Waals surface area (Å²) in [6, 6.07) is 0.174. The molecule has 0 aromatic heterocycles. The van der Waals surface area contributed by atoms with Crippen LogP contribution in [0.3, 0.4) is 0 Å². The van der Waals surface area contributed by atoms with E-state index in [1.165, 1.54) is 0 Å². The Kier molecular flexibility index (Phi) is 8.15. The fourth-order valence-corrected chi connectivity index (χ4v) is 1.92. The topological polar surface area (TPSA) is 67.6 Å². The van der Waals surface area contributed by atoms with Crippen molar-refractivity contribution in [3.05, 3.63) is 0 Å². The summed E-state index contributed by atoms with van der Waals surface area (Å²) >= 11 is 0. The van der Waals surface area contributed by atoms with Crippen molar-refractivity contribution in [3.8, 4) is 0 Å². The zero-order valence-electron chi connectivity index (χ0n) is 10.8. The Labute approximate surface area is 98.3 Å². The van der Waals surface area contributed by atoms with Crippen LogP contribution in [-0.2, 0) is 9.53 Å². The molecule has 0 aliphatic rings. The van der Waals surface area contributed by atoms with E-state index < -0.39 is 0 Å². The average Bonchev–Trinajstić information content (AvgIpc) is 2.32. The number of nitrogens with one attached hydrogen (secondary N) is 1. The van der Waals surface area contributed by atoms with Crippen LogP contribution in [0.4, 0.5) is 0 Å². The second-order valence-electron chi connectivity index (χ2n) is 3.89. The van der Waals surface area contributed by atoms with Crippen molar-refractivity contribution >= 4 is 5.91 Å². The minimum Gasteiger partial charge on any atom is -0.383 e. The number of hydrogen-bond acceptors (Lipinski definition) is 4. The molecule has 5 nitrogen and oxygen atoms in total. The Balaban J connectivity index is 4.56. The number of hydrazine groups is 1. The Morgan fingerprint density at radius 2 is 2.00 bits per heavy atom. The van der Waals surface area contributed by atoms with E-state index in [0.29, 0.717) is 12.6 Å². The van der Waals surface area contributed by atoms with Gasteiger partial charge in [-0.3, -0.25) is 15.1 Å². The Bertz CT molecular complexity index is 196. The third-order valence-corrected chi connectivity index (χ3v) is 2.98. The van der Waals surface area contributed by atoms with E-state index in [1.807, 2.05) is 6.92 Å². The van der Waals surface area contributed by atoms with Crippen LogP contribution in [0.5, 0.6) is 0 Å². The van der Waals surface area contributed by atoms with Crippen molar-refractivity contribution in [1.29, 1.82) is 0 Å². The lowest BCUT2D eigenvalue weighted by Gasteiger charge is -2.34. The second-order valence-corrected chi connectivity index (χ2v) is 3.89. The van der Waals surface area contributed by atoms with Crippen molar-refractivity contribution in [2.24, 2.45) is 5.84 Å². The van der Waals surface area contributed by atoms with E-state index >= 15 is 0 Å². The number of carbonyl (C=O) groups excluding carboxylic acids is 1. The first-order valence-electron chi connectivity index (χ1n) is 5.87. The van der Waals surface area contributed by atoms with Crippen LogP contribution >= 0.6 is 0 Å². The molecule has 0 aliphatic carbocycles. The zero-order valence-corrected chi connectivity index (χ0v) is 10.8. The highest BCUT2D eigenvalue weighted by Gasteiger charge is 2.25. The van der Waals surface area contributed by atoms with Crippen LogP contribution in [0.2, 0.25) is 0 Å². The molecule has 0 fully saturated rings. The van der Waals surface area contributed by atoms with Gasteiger partial charge in [-0.25, -0.2) is 5.84 Å². The fourth-order valence-electron chi connectivity index (χ4n) is 1.92. The van der Waals surface area contributed by atoms with Crippen molar-refractivity contribution < 1.29 is 9.53 Å². The molecule has 0 radical (unpaired) electrons. The van der Waals surface area contributed by atoms with E-state index in [1.54, 1.807) is 7.11 Å². The van der Waals surface area contributed by atoms with Crippen LogP contribution in [0.15, 0.2) is 0 Å². The Morgan fingerprint density at radius 3 is 2.38 bits per heavy atom. The summed E-state index contributed by atoms with van der Waals surface area (Å²) in [4.78, 5) is 13.7. The van der Waals surface area contributed by atoms with Crippen LogP contribution in [0.1, 0.15) is 33.6 Å². The second kappa shape index (κ2) is 8.50. The molecule has 1 amide bonds. The van der Waals surface area contributed by atoms with E-state index in [0.717, 1.165) is 19.4 Å². The molecule has 96 valence electrons. The lowest BCUT2D eigenvalue weighted by molar-refractivity contribution is -0.127. The van der Waals surface area contributed by atoms with Gasteiger partial charge in [-0.1, -0.05) is 13.8 Å². The van der Waals surface area contributed by atoms with Gasteiger partial charge in [0.05, 0.1) is 12.6 Å². The number of nitrogens with two attached hydrogens (primary N) is 1. The first-order valence-corrected chi connectivity index (χ1v) is 5.87. The summed E-state index contributed by atoms with van der Waals surface area (Å²) in [6.07, 6.45) is 2.03. The fraction of sp³-hybridized carbons (Fsp3) is 0.909. The third-order valence-electron chi connectivity index (χ3n) is 2.98. The third kappa shape index (κ3) is 4.47. The van der Waals surface area contributed by atoms with Gasteiger partial charge in [0.15, 0.2) is 0 Å². The van der Waals surface area contributed by atoms with Crippen molar-refractivity contribution in [3.63, 3.8) is 0 Å². The van der Waals surface area contributed by atoms with Gasteiger partial charge in [0, 0.05) is 19.7 Å². The molecule has 0 saturated heterocycles. The standard InChI is InChI=1S/C11H25N3O2/c1-5-10(6-2)14(7-8-16-4)9(3)11(15)13-12/h9-10H,5-8,12H2,1-4H3,(H,13,15). The van der Waals surface area contributed by atoms with Gasteiger partial charge in [-0.15, -0.1) is 0 Å². The molecule has 0 aromatic rings. The van der Waals surface area contributed by atoms with Crippen LogP contribution in [0.25, 0.3) is 0 Å². The van der Waals surface area contributed by atoms with E-state index in [4.69, 9.17) is 10.6 Å². The molecular weight excluding hydrogens is 206 g/mol. The van der Waals surface area contributed by atoms with Crippen LogP contribution < -0.4 is 11.3 Å². The van der Waals surface area contributed by atoms with Gasteiger partial charge in [-0.05, 0) is 19.8 Å². The average molecular weight is 231 g/mol. The summed E-state index contributed by atoms with van der Waals surface area (Å²) < 4.78 is 5.07. The van der Waals surface area contributed by atoms with Crippen LogP contribution in [-0.4, -0.2) is 43.2 Å². The summed E-state index contributed by atoms with van der Waals surface area (Å²) in [5.74, 6) is 5.02. The molecular formula is C11H25N3O2. The van der Waals surface area contributed by atoms with E-state index in [2.05, 4.69) is 24.2 Å². The minimum atomic E-state index is -0.218. The van der Waals surface area contributed by atoms with Gasteiger partial charge < -0.3 is 4.74 Å². The summed E-state index contributed by atoms with van der Waals surface area (Å²) in [7, 11) is 1.67. The molecule has 0 rings (SSSR count). The molecule has 3 N–H and O–H groups in total. The molecule has 0 spiro atoms. The number of ether oxygens (including phenoxy) is 1. The summed E-state index contributed by atoms with van der Waals surface area (Å²) in [5, 5.41) is 0. The quantitative estimate of drug-likeness (QED) is 0.363. The number of hydrogen-bond donors (Lipinski definition) is 2. The molecule has 16 heavy (non-hydrogen) atoms. The monoisotopic (exact) mass is 231 g/mol. The predicted molar refractivity (Wildman–Crippen MR) is 64.7 cm³/mol. The molecule has 1 atom stereocenters. The lowest BCUT2D eigenvalue weighted by Crippen LogP contribution is -2.52. The smallest absolute Gasteiger partial charge is 0.250 e. The number of amides is 1. The molecule has 1 unspecified atom stereocenters. The first-order chi connectivity index (χ1) is 7.62. The summed E-state index contributed by atoms with van der Waals surface area (Å²) in [6.45, 7) is 7.49. The normalized spacial score (nSPS) is 13.2. The maximum atomic E-state index is 11.5. The van der Waals surface area contributed by atoms with Gasteiger partial charge in [0.1, 0.15) is 0 Å². The van der Waals surface area contributed by atoms with Gasteiger partial charge >= 0.3 is 0 Å². The Morgan fingerprint density at radius 1 is 1.44 bits per heavy atom. The molecule has 0 heterocycles. The van der Waals surface area contributed by atoms with Gasteiger partial charge in [0.25, 0.3) is 5.91 Å². The molecule has 0 aliphatic heterocycles. The maximum Gasteiger partial charge on any atom is 0.250 e. The maximum absolute atomic E-state index is 11.5. The van der Waals surface area contributed by atoms with Crippen molar-refractivity contribution in [2.75, 3.05) is 20.3 Å². The Hall–Kier alpha value is -0.650. The van der Waals surface area contributed by atoms with Crippen LogP contribution in [0, 0.1) is 0 Å². The lowest BCUT2D eigenvalue weighted by atomic mass is 10.1. The first kappa shape index (κ1) is 15.3. The highest BCUT2D eigenvalue weighted by atomic mass is 16.5. The largest absolute Gasteiger partial charge is 0.383 e. The molecule has 0 saturated carbocycles. The number of rotatable bonds is 8. The SMILES string of the molecule is CCC(CC)N(CCOC)C(C)C(=O)NN. The number of methoxy groups -OCH3 is 1.